The molecular weight excluding hydrogens is 288 g/mol. The van der Waals surface area contributed by atoms with E-state index in [1.807, 2.05) is 31.2 Å². The molecule has 0 aliphatic carbocycles. The normalized spacial score (nSPS) is 19.3. The van der Waals surface area contributed by atoms with Crippen molar-refractivity contribution in [2.24, 2.45) is 10.8 Å². The van der Waals surface area contributed by atoms with Crippen LogP contribution in [0.5, 0.6) is 5.75 Å². The molecule has 2 rings (SSSR count). The van der Waals surface area contributed by atoms with Gasteiger partial charge < -0.3 is 14.6 Å². The molecule has 1 heterocycles. The Morgan fingerprint density at radius 2 is 1.52 bits per heavy atom. The van der Waals surface area contributed by atoms with Crippen molar-refractivity contribution < 1.29 is 14.6 Å². The lowest BCUT2D eigenvalue weighted by Gasteiger charge is -2.36. The standard InChI is InChI=1S/C20H28O3/c1-13-8-10-14(11-9-13)23-18-16(20(5,6)7)17(21)15(12-22-18)19(2,3)4/h8-12,18,21H,1-7H3. The van der Waals surface area contributed by atoms with E-state index in [0.717, 1.165) is 16.9 Å². The van der Waals surface area contributed by atoms with Crippen LogP contribution < -0.4 is 4.74 Å². The van der Waals surface area contributed by atoms with Crippen LogP contribution in [0.3, 0.4) is 0 Å². The van der Waals surface area contributed by atoms with E-state index in [9.17, 15) is 5.11 Å². The molecule has 1 aromatic carbocycles. The van der Waals surface area contributed by atoms with Gasteiger partial charge in [-0.1, -0.05) is 59.2 Å². The fraction of sp³-hybridized carbons (Fsp3) is 0.500. The van der Waals surface area contributed by atoms with Crippen molar-refractivity contribution in [1.29, 1.82) is 0 Å². The molecule has 0 saturated carbocycles. The number of hydrogen-bond acceptors (Lipinski definition) is 3. The molecule has 3 nitrogen and oxygen atoms in total. The first-order chi connectivity index (χ1) is 10.5. The van der Waals surface area contributed by atoms with Crippen molar-refractivity contribution in [1.82, 2.24) is 0 Å². The van der Waals surface area contributed by atoms with Crippen molar-refractivity contribution in [3.8, 4) is 5.75 Å². The van der Waals surface area contributed by atoms with Crippen LogP contribution in [-0.2, 0) is 4.74 Å². The zero-order valence-electron chi connectivity index (χ0n) is 15.2. The molecule has 1 N–H and O–H groups in total. The van der Waals surface area contributed by atoms with Crippen molar-refractivity contribution in [3.63, 3.8) is 0 Å². The largest absolute Gasteiger partial charge is 0.507 e. The van der Waals surface area contributed by atoms with Crippen LogP contribution in [0.4, 0.5) is 0 Å². The number of aliphatic hydroxyl groups is 1. The van der Waals surface area contributed by atoms with E-state index >= 15 is 0 Å². The van der Waals surface area contributed by atoms with Gasteiger partial charge in [0.15, 0.2) is 0 Å². The zero-order chi connectivity index (χ0) is 17.4. The van der Waals surface area contributed by atoms with Crippen LogP contribution in [0.2, 0.25) is 0 Å². The second kappa shape index (κ2) is 5.95. The number of allylic oxidation sites excluding steroid dienone is 1. The second-order valence-corrected chi connectivity index (χ2v) is 8.19. The molecule has 1 unspecified atom stereocenters. The molecule has 0 spiro atoms. The Morgan fingerprint density at radius 1 is 0.957 bits per heavy atom. The van der Waals surface area contributed by atoms with Crippen LogP contribution in [0.25, 0.3) is 0 Å². The van der Waals surface area contributed by atoms with Crippen LogP contribution in [0, 0.1) is 17.8 Å². The monoisotopic (exact) mass is 316 g/mol. The molecule has 1 aliphatic heterocycles. The molecular formula is C20H28O3. The van der Waals surface area contributed by atoms with Crippen molar-refractivity contribution in [2.75, 3.05) is 0 Å². The van der Waals surface area contributed by atoms with E-state index in [-0.39, 0.29) is 16.6 Å². The maximum absolute atomic E-state index is 10.8. The summed E-state index contributed by atoms with van der Waals surface area (Å²) in [6.07, 6.45) is 1.01. The number of aryl methyl sites for hydroxylation is 1. The molecule has 0 aromatic heterocycles. The molecule has 0 saturated heterocycles. The van der Waals surface area contributed by atoms with Crippen molar-refractivity contribution in [2.45, 2.75) is 54.8 Å². The fourth-order valence-corrected chi connectivity index (χ4v) is 2.58. The molecule has 1 aromatic rings. The predicted octanol–water partition coefficient (Wildman–Crippen LogP) is 5.52. The minimum absolute atomic E-state index is 0.199. The molecule has 23 heavy (non-hydrogen) atoms. The van der Waals surface area contributed by atoms with Gasteiger partial charge in [0, 0.05) is 5.57 Å². The van der Waals surface area contributed by atoms with Crippen LogP contribution in [0.1, 0.15) is 47.1 Å². The summed E-state index contributed by atoms with van der Waals surface area (Å²) in [6, 6.07) is 7.82. The second-order valence-electron chi connectivity index (χ2n) is 8.19. The van der Waals surface area contributed by atoms with E-state index in [2.05, 4.69) is 41.5 Å². The van der Waals surface area contributed by atoms with Gasteiger partial charge in [-0.05, 0) is 29.9 Å². The van der Waals surface area contributed by atoms with Gasteiger partial charge in [-0.3, -0.25) is 0 Å². The first-order valence-electron chi connectivity index (χ1n) is 8.03. The topological polar surface area (TPSA) is 38.7 Å². The summed E-state index contributed by atoms with van der Waals surface area (Å²) in [5.74, 6) is 1.01. The van der Waals surface area contributed by atoms with Crippen molar-refractivity contribution >= 4 is 0 Å². The summed E-state index contributed by atoms with van der Waals surface area (Å²) >= 11 is 0. The lowest BCUT2D eigenvalue weighted by Crippen LogP contribution is -2.34. The Balaban J connectivity index is 2.38. The minimum Gasteiger partial charge on any atom is -0.507 e. The Hall–Kier alpha value is -1.90. The summed E-state index contributed by atoms with van der Waals surface area (Å²) in [4.78, 5) is 0. The molecule has 1 aliphatic rings. The Morgan fingerprint density at radius 3 is 2.00 bits per heavy atom. The van der Waals surface area contributed by atoms with Crippen LogP contribution in [-0.4, -0.2) is 11.4 Å². The van der Waals surface area contributed by atoms with Gasteiger partial charge in [0.2, 0.25) is 0 Å². The first kappa shape index (κ1) is 17.5. The molecule has 126 valence electrons. The third kappa shape index (κ3) is 3.90. The summed E-state index contributed by atoms with van der Waals surface area (Å²) < 4.78 is 11.9. The predicted molar refractivity (Wildman–Crippen MR) is 93.3 cm³/mol. The van der Waals surface area contributed by atoms with Gasteiger partial charge in [0.25, 0.3) is 6.29 Å². The van der Waals surface area contributed by atoms with E-state index in [4.69, 9.17) is 9.47 Å². The lowest BCUT2D eigenvalue weighted by molar-refractivity contribution is -0.0232. The van der Waals surface area contributed by atoms with Gasteiger partial charge in [-0.2, -0.15) is 0 Å². The number of hydrogen-bond donors (Lipinski definition) is 1. The molecule has 1 atom stereocenters. The molecule has 0 radical (unpaired) electrons. The summed E-state index contributed by atoms with van der Waals surface area (Å²) in [7, 11) is 0. The van der Waals surface area contributed by atoms with Gasteiger partial charge in [-0.25, -0.2) is 0 Å². The highest BCUT2D eigenvalue weighted by Gasteiger charge is 2.38. The Labute approximate surface area is 139 Å². The maximum atomic E-state index is 10.8. The highest BCUT2D eigenvalue weighted by molar-refractivity contribution is 5.39. The summed E-state index contributed by atoms with van der Waals surface area (Å²) in [5.41, 5.74) is 2.27. The maximum Gasteiger partial charge on any atom is 0.267 e. The van der Waals surface area contributed by atoms with Crippen molar-refractivity contribution in [3.05, 3.63) is 53.0 Å². The number of ether oxygens (including phenoxy) is 2. The molecule has 3 heteroatoms. The molecule has 0 fully saturated rings. The SMILES string of the molecule is Cc1ccc(OC2OC=C(C(C)(C)C)C(O)=C2C(C)(C)C)cc1. The third-order valence-electron chi connectivity index (χ3n) is 3.94. The smallest absolute Gasteiger partial charge is 0.267 e. The third-order valence-corrected chi connectivity index (χ3v) is 3.94. The van der Waals surface area contributed by atoms with Gasteiger partial charge in [0.1, 0.15) is 11.5 Å². The number of rotatable bonds is 2. The molecule has 0 bridgehead atoms. The lowest BCUT2D eigenvalue weighted by atomic mass is 9.78. The quantitative estimate of drug-likeness (QED) is 0.781. The molecule has 0 amide bonds. The van der Waals surface area contributed by atoms with Crippen LogP contribution >= 0.6 is 0 Å². The highest BCUT2D eigenvalue weighted by atomic mass is 16.7. The minimum atomic E-state index is -0.621. The Bertz CT molecular complexity index is 622. The number of benzene rings is 1. The average Bonchev–Trinajstić information content (AvgIpc) is 2.38. The Kier molecular flexibility index (Phi) is 4.52. The van der Waals surface area contributed by atoms with Gasteiger partial charge in [0.05, 0.1) is 11.8 Å². The van der Waals surface area contributed by atoms with Gasteiger partial charge in [-0.15, -0.1) is 0 Å². The fourth-order valence-electron chi connectivity index (χ4n) is 2.58. The summed E-state index contributed by atoms with van der Waals surface area (Å²) in [6.45, 7) is 14.4. The summed E-state index contributed by atoms with van der Waals surface area (Å²) in [5, 5.41) is 10.8. The van der Waals surface area contributed by atoms with E-state index in [1.54, 1.807) is 6.26 Å². The van der Waals surface area contributed by atoms with E-state index in [1.165, 1.54) is 5.56 Å². The van der Waals surface area contributed by atoms with Gasteiger partial charge >= 0.3 is 0 Å². The van der Waals surface area contributed by atoms with E-state index in [0.29, 0.717) is 0 Å². The first-order valence-corrected chi connectivity index (χ1v) is 8.03. The average molecular weight is 316 g/mol. The zero-order valence-corrected chi connectivity index (χ0v) is 15.2. The number of aliphatic hydroxyl groups excluding tert-OH is 1. The highest BCUT2D eigenvalue weighted by Crippen LogP contribution is 2.42. The van der Waals surface area contributed by atoms with Crippen LogP contribution in [0.15, 0.2) is 47.4 Å². The van der Waals surface area contributed by atoms with E-state index < -0.39 is 6.29 Å².